The van der Waals surface area contributed by atoms with Crippen LogP contribution < -0.4 is 0 Å². The number of nitrogens with zero attached hydrogens (tertiary/aromatic N) is 2. The van der Waals surface area contributed by atoms with E-state index in [1.54, 1.807) is 24.4 Å². The number of aromatic nitrogens is 2. The van der Waals surface area contributed by atoms with E-state index in [-0.39, 0.29) is 6.54 Å². The minimum absolute atomic E-state index is 0.103. The molecule has 0 atom stereocenters. The summed E-state index contributed by atoms with van der Waals surface area (Å²) in [7, 11) is 0. The highest BCUT2D eigenvalue weighted by molar-refractivity contribution is 5.78. The van der Waals surface area contributed by atoms with E-state index < -0.39 is 5.97 Å². The lowest BCUT2D eigenvalue weighted by molar-refractivity contribution is -0.137. The molecular formula is C9H7N2O2. The normalized spacial score (nSPS) is 10.5. The van der Waals surface area contributed by atoms with Gasteiger partial charge in [-0.3, -0.25) is 9.48 Å². The molecule has 4 nitrogen and oxygen atoms in total. The molecule has 0 aliphatic heterocycles. The van der Waals surface area contributed by atoms with E-state index in [4.69, 9.17) is 5.11 Å². The average Bonchev–Trinajstić information content (AvgIpc) is 2.44. The zero-order valence-corrected chi connectivity index (χ0v) is 6.77. The summed E-state index contributed by atoms with van der Waals surface area (Å²) in [6, 6.07) is 8.23. The van der Waals surface area contributed by atoms with Crippen molar-refractivity contribution in [3.05, 3.63) is 30.5 Å². The Hall–Kier alpha value is -1.84. The van der Waals surface area contributed by atoms with E-state index in [1.807, 2.05) is 0 Å². The molecule has 13 heavy (non-hydrogen) atoms. The van der Waals surface area contributed by atoms with Crippen LogP contribution in [0.15, 0.2) is 24.4 Å². The van der Waals surface area contributed by atoms with E-state index in [9.17, 15) is 4.79 Å². The van der Waals surface area contributed by atoms with Gasteiger partial charge in [-0.05, 0) is 18.2 Å². The van der Waals surface area contributed by atoms with Crippen molar-refractivity contribution >= 4 is 16.9 Å². The van der Waals surface area contributed by atoms with E-state index in [0.29, 0.717) is 0 Å². The standard InChI is InChI=1S/C9H7N2O2/c12-9(13)6-11-5-7-3-1-2-4-8(7)10-11/h2-5H,6H2,(H,12,13). The Morgan fingerprint density at radius 2 is 2.54 bits per heavy atom. The first-order valence-electron chi connectivity index (χ1n) is 3.81. The lowest BCUT2D eigenvalue weighted by atomic mass is 10.3. The summed E-state index contributed by atoms with van der Waals surface area (Å²) in [5.74, 6) is -0.892. The number of carbonyl (C=O) groups is 1. The van der Waals surface area contributed by atoms with Crippen LogP contribution in [-0.4, -0.2) is 20.9 Å². The zero-order chi connectivity index (χ0) is 9.26. The van der Waals surface area contributed by atoms with E-state index in [2.05, 4.69) is 11.2 Å². The number of carboxylic acids is 1. The number of fused-ring (bicyclic) bond motifs is 1. The molecule has 1 heterocycles. The number of hydrogen-bond acceptors (Lipinski definition) is 2. The Balaban J connectivity index is 2.44. The summed E-state index contributed by atoms with van der Waals surface area (Å²) in [6.07, 6.45) is 1.69. The predicted octanol–water partition coefficient (Wildman–Crippen LogP) is 0.921. The summed E-state index contributed by atoms with van der Waals surface area (Å²) in [4.78, 5) is 10.4. The van der Waals surface area contributed by atoms with Gasteiger partial charge in [-0.2, -0.15) is 5.10 Å². The molecule has 1 N–H and O–H groups in total. The van der Waals surface area contributed by atoms with Crippen LogP contribution in [0.4, 0.5) is 0 Å². The molecule has 0 fully saturated rings. The smallest absolute Gasteiger partial charge is 0.325 e. The maximum absolute atomic E-state index is 10.4. The van der Waals surface area contributed by atoms with E-state index in [1.165, 1.54) is 4.68 Å². The molecule has 2 rings (SSSR count). The van der Waals surface area contributed by atoms with Crippen LogP contribution in [0, 0.1) is 6.07 Å². The van der Waals surface area contributed by atoms with Gasteiger partial charge in [0, 0.05) is 11.6 Å². The third-order valence-corrected chi connectivity index (χ3v) is 1.69. The lowest BCUT2D eigenvalue weighted by Gasteiger charge is -1.91. The number of rotatable bonds is 2. The summed E-state index contributed by atoms with van der Waals surface area (Å²) < 4.78 is 1.40. The average molecular weight is 175 g/mol. The van der Waals surface area contributed by atoms with Crippen LogP contribution in [0.25, 0.3) is 10.9 Å². The van der Waals surface area contributed by atoms with Gasteiger partial charge in [0.1, 0.15) is 6.54 Å². The monoisotopic (exact) mass is 175 g/mol. The highest BCUT2D eigenvalue weighted by Crippen LogP contribution is 2.09. The van der Waals surface area contributed by atoms with Crippen molar-refractivity contribution in [2.45, 2.75) is 6.54 Å². The topological polar surface area (TPSA) is 55.1 Å². The Kier molecular flexibility index (Phi) is 1.73. The number of benzene rings is 1. The molecule has 1 aromatic heterocycles. The van der Waals surface area contributed by atoms with Gasteiger partial charge < -0.3 is 5.11 Å². The summed E-state index contributed by atoms with van der Waals surface area (Å²) >= 11 is 0. The third-order valence-electron chi connectivity index (χ3n) is 1.69. The van der Waals surface area contributed by atoms with Crippen molar-refractivity contribution in [3.63, 3.8) is 0 Å². The number of aliphatic carboxylic acids is 1. The minimum Gasteiger partial charge on any atom is -0.480 e. The maximum Gasteiger partial charge on any atom is 0.325 e. The molecule has 0 saturated heterocycles. The minimum atomic E-state index is -0.892. The van der Waals surface area contributed by atoms with Gasteiger partial charge in [-0.25, -0.2) is 0 Å². The molecule has 0 aliphatic carbocycles. The molecule has 0 amide bonds. The Morgan fingerprint density at radius 3 is 3.23 bits per heavy atom. The molecule has 2 aromatic rings. The highest BCUT2D eigenvalue weighted by Gasteiger charge is 2.02. The van der Waals surface area contributed by atoms with E-state index >= 15 is 0 Å². The molecule has 0 saturated carbocycles. The molecule has 65 valence electrons. The Morgan fingerprint density at radius 1 is 1.69 bits per heavy atom. The van der Waals surface area contributed by atoms with Gasteiger partial charge in [-0.1, -0.05) is 6.07 Å². The van der Waals surface area contributed by atoms with Gasteiger partial charge in [0.05, 0.1) is 5.52 Å². The SMILES string of the molecule is O=C(O)Cn1cc2c[c]ccc2n1. The van der Waals surface area contributed by atoms with E-state index in [0.717, 1.165) is 10.9 Å². The van der Waals surface area contributed by atoms with Gasteiger partial charge in [-0.15, -0.1) is 0 Å². The largest absolute Gasteiger partial charge is 0.480 e. The number of hydrogen-bond donors (Lipinski definition) is 1. The van der Waals surface area contributed by atoms with Crippen LogP contribution in [-0.2, 0) is 11.3 Å². The second-order valence-electron chi connectivity index (χ2n) is 2.71. The molecule has 1 aromatic carbocycles. The fourth-order valence-electron chi connectivity index (χ4n) is 1.18. The van der Waals surface area contributed by atoms with Crippen LogP contribution >= 0.6 is 0 Å². The maximum atomic E-state index is 10.4. The first kappa shape index (κ1) is 7.79. The second kappa shape index (κ2) is 2.90. The molecule has 0 spiro atoms. The lowest BCUT2D eigenvalue weighted by Crippen LogP contribution is -2.08. The highest BCUT2D eigenvalue weighted by atomic mass is 16.4. The number of carboxylic acid groups (broad SMARTS) is 1. The Labute approximate surface area is 74.4 Å². The van der Waals surface area contributed by atoms with Crippen molar-refractivity contribution in [1.29, 1.82) is 0 Å². The van der Waals surface area contributed by atoms with Crippen molar-refractivity contribution in [2.75, 3.05) is 0 Å². The zero-order valence-electron chi connectivity index (χ0n) is 6.77. The molecular weight excluding hydrogens is 168 g/mol. The fraction of sp³-hybridized carbons (Fsp3) is 0.111. The summed E-state index contributed by atoms with van der Waals surface area (Å²) in [6.45, 7) is -0.103. The van der Waals surface area contributed by atoms with Crippen LogP contribution in [0.5, 0.6) is 0 Å². The van der Waals surface area contributed by atoms with Gasteiger partial charge >= 0.3 is 5.97 Å². The van der Waals surface area contributed by atoms with Crippen LogP contribution in [0.1, 0.15) is 0 Å². The predicted molar refractivity (Wildman–Crippen MR) is 46.2 cm³/mol. The molecule has 1 radical (unpaired) electrons. The fourth-order valence-corrected chi connectivity index (χ4v) is 1.18. The van der Waals surface area contributed by atoms with Crippen molar-refractivity contribution < 1.29 is 9.90 Å². The first-order valence-corrected chi connectivity index (χ1v) is 3.81. The first-order chi connectivity index (χ1) is 6.25. The van der Waals surface area contributed by atoms with Gasteiger partial charge in [0.2, 0.25) is 0 Å². The summed E-state index contributed by atoms with van der Waals surface area (Å²) in [5.41, 5.74) is 0.792. The van der Waals surface area contributed by atoms with Crippen LogP contribution in [0.3, 0.4) is 0 Å². The van der Waals surface area contributed by atoms with Crippen molar-refractivity contribution in [3.8, 4) is 0 Å². The quantitative estimate of drug-likeness (QED) is 0.738. The second-order valence-corrected chi connectivity index (χ2v) is 2.71. The van der Waals surface area contributed by atoms with Crippen LogP contribution in [0.2, 0.25) is 0 Å². The van der Waals surface area contributed by atoms with Crippen molar-refractivity contribution in [2.24, 2.45) is 0 Å². The summed E-state index contributed by atoms with van der Waals surface area (Å²) in [5, 5.41) is 13.5. The Bertz CT molecular complexity index is 415. The van der Waals surface area contributed by atoms with Crippen molar-refractivity contribution in [1.82, 2.24) is 9.78 Å². The molecule has 0 bridgehead atoms. The molecule has 4 heteroatoms. The van der Waals surface area contributed by atoms with Gasteiger partial charge in [0.15, 0.2) is 0 Å². The third kappa shape index (κ3) is 1.51. The molecule has 0 aliphatic rings. The van der Waals surface area contributed by atoms with Gasteiger partial charge in [0.25, 0.3) is 0 Å². The molecule has 0 unspecified atom stereocenters.